The van der Waals surface area contributed by atoms with E-state index in [4.69, 9.17) is 19.3 Å². The average molecular weight is 732 g/mol. The normalized spacial score (nSPS) is 11.8. The lowest BCUT2D eigenvalue weighted by molar-refractivity contribution is -0.146. The summed E-state index contributed by atoms with van der Waals surface area (Å²) in [6.07, 6.45) is 44.3. The highest BCUT2D eigenvalue weighted by molar-refractivity contribution is 5.76. The van der Waals surface area contributed by atoms with Gasteiger partial charge in [0.2, 0.25) is 0 Å². The summed E-state index contributed by atoms with van der Waals surface area (Å²) in [6.45, 7) is 4.60. The van der Waals surface area contributed by atoms with Gasteiger partial charge in [0.15, 0.2) is 0 Å². The van der Waals surface area contributed by atoms with Crippen LogP contribution in [0.25, 0.3) is 0 Å². The molecule has 0 aromatic heterocycles. The number of esters is 2. The second-order valence-electron chi connectivity index (χ2n) is 13.7. The summed E-state index contributed by atoms with van der Waals surface area (Å²) >= 11 is 0. The molecule has 52 heavy (non-hydrogen) atoms. The van der Waals surface area contributed by atoms with E-state index < -0.39 is 24.1 Å². The van der Waals surface area contributed by atoms with Gasteiger partial charge in [-0.25, -0.2) is 4.79 Å². The second-order valence-corrected chi connectivity index (χ2v) is 13.7. The van der Waals surface area contributed by atoms with Crippen LogP contribution in [0.3, 0.4) is 0 Å². The minimum absolute atomic E-state index is 0.156. The van der Waals surface area contributed by atoms with Gasteiger partial charge in [-0.1, -0.05) is 140 Å². The van der Waals surface area contributed by atoms with Crippen molar-refractivity contribution in [1.82, 2.24) is 5.32 Å². The van der Waals surface area contributed by atoms with Crippen LogP contribution in [0.2, 0.25) is 0 Å². The molecule has 0 heterocycles. The Bertz CT molecular complexity index is 879. The van der Waals surface area contributed by atoms with Gasteiger partial charge in [-0.2, -0.15) is 0 Å². The molecule has 0 atom stereocenters. The van der Waals surface area contributed by atoms with E-state index in [2.05, 4.69) is 67.8 Å². The molecule has 1 amide bonds. The van der Waals surface area contributed by atoms with Crippen molar-refractivity contribution in [3.63, 3.8) is 0 Å². The van der Waals surface area contributed by atoms with E-state index in [1.807, 2.05) is 0 Å². The SMILES string of the molecule is CCCCC/C=C\C/C=C\CCCCCCCCOC(=O)CC(CC(=O)OCCCCCCCC/C=C\C/C=C\CCCCC)NC(=O)OCCO. The van der Waals surface area contributed by atoms with Crippen molar-refractivity contribution in [3.8, 4) is 0 Å². The standard InChI is InChI=1S/C44H77NO7/c1-3-5-7-9-11-13-15-17-19-21-23-25-27-29-31-33-36-50-42(47)39-41(45-44(49)52-38-35-46)40-43(48)51-37-34-32-30-28-26-24-22-20-18-16-14-12-10-8-6-4-2/h11-14,17-20,41,46H,3-10,15-16,21-40H2,1-2H3,(H,45,49)/b13-11-,14-12-,19-17-,20-18-. The number of rotatable bonds is 37. The number of aliphatic hydroxyl groups is 1. The molecule has 0 fully saturated rings. The number of amides is 1. The highest BCUT2D eigenvalue weighted by Gasteiger charge is 2.22. The van der Waals surface area contributed by atoms with Crippen LogP contribution in [-0.4, -0.2) is 55.6 Å². The molecular formula is C44H77NO7. The zero-order chi connectivity index (χ0) is 38.0. The monoisotopic (exact) mass is 732 g/mol. The molecule has 8 heteroatoms. The molecule has 0 unspecified atom stereocenters. The number of nitrogens with one attached hydrogen (secondary N) is 1. The van der Waals surface area contributed by atoms with Gasteiger partial charge in [-0.05, 0) is 77.0 Å². The molecule has 0 aromatic carbocycles. The molecule has 0 aliphatic heterocycles. The molecule has 300 valence electrons. The second kappa shape index (κ2) is 40.9. The molecule has 0 radical (unpaired) electrons. The molecule has 0 rings (SSSR count). The smallest absolute Gasteiger partial charge is 0.407 e. The Morgan fingerprint density at radius 1 is 0.481 bits per heavy atom. The lowest BCUT2D eigenvalue weighted by Gasteiger charge is -2.17. The summed E-state index contributed by atoms with van der Waals surface area (Å²) in [4.78, 5) is 37.1. The van der Waals surface area contributed by atoms with Gasteiger partial charge in [0, 0.05) is 0 Å². The Balaban J connectivity index is 4.04. The van der Waals surface area contributed by atoms with E-state index in [1.54, 1.807) is 0 Å². The maximum Gasteiger partial charge on any atom is 0.407 e. The highest BCUT2D eigenvalue weighted by atomic mass is 16.6. The summed E-state index contributed by atoms with van der Waals surface area (Å²) < 4.78 is 15.6. The number of carbonyl (C=O) groups excluding carboxylic acids is 3. The van der Waals surface area contributed by atoms with Crippen LogP contribution in [0.1, 0.15) is 181 Å². The van der Waals surface area contributed by atoms with Crippen molar-refractivity contribution < 1.29 is 33.7 Å². The van der Waals surface area contributed by atoms with Gasteiger partial charge in [0.25, 0.3) is 0 Å². The first kappa shape index (κ1) is 49.1. The fraction of sp³-hybridized carbons (Fsp3) is 0.750. The van der Waals surface area contributed by atoms with E-state index in [9.17, 15) is 14.4 Å². The quantitative estimate of drug-likeness (QED) is 0.0283. The lowest BCUT2D eigenvalue weighted by atomic mass is 10.1. The first-order valence-electron chi connectivity index (χ1n) is 21.0. The Morgan fingerprint density at radius 3 is 1.23 bits per heavy atom. The number of aliphatic hydroxyl groups excluding tert-OH is 1. The number of hydrogen-bond acceptors (Lipinski definition) is 7. The fourth-order valence-electron chi connectivity index (χ4n) is 5.59. The molecule has 0 aliphatic carbocycles. The predicted octanol–water partition coefficient (Wildman–Crippen LogP) is 11.6. The van der Waals surface area contributed by atoms with Gasteiger partial charge in [0.05, 0.1) is 38.7 Å². The Hall–Kier alpha value is -2.87. The van der Waals surface area contributed by atoms with Crippen LogP contribution in [0, 0.1) is 0 Å². The third-order valence-electron chi connectivity index (χ3n) is 8.69. The molecule has 0 spiro atoms. The number of ether oxygens (including phenoxy) is 3. The number of allylic oxidation sites excluding steroid dienone is 8. The van der Waals surface area contributed by atoms with Crippen LogP contribution in [0.4, 0.5) is 4.79 Å². The molecule has 0 aliphatic rings. The van der Waals surface area contributed by atoms with Crippen LogP contribution < -0.4 is 5.32 Å². The average Bonchev–Trinajstić information content (AvgIpc) is 3.13. The van der Waals surface area contributed by atoms with Crippen molar-refractivity contribution in [2.45, 2.75) is 187 Å². The molecule has 8 nitrogen and oxygen atoms in total. The highest BCUT2D eigenvalue weighted by Crippen LogP contribution is 2.11. The minimum atomic E-state index is -0.807. The molecule has 0 saturated heterocycles. The molecule has 2 N–H and O–H groups in total. The van der Waals surface area contributed by atoms with Crippen molar-refractivity contribution in [2.24, 2.45) is 0 Å². The summed E-state index contributed by atoms with van der Waals surface area (Å²) in [7, 11) is 0. The minimum Gasteiger partial charge on any atom is -0.466 e. The maximum absolute atomic E-state index is 12.5. The first-order valence-corrected chi connectivity index (χ1v) is 21.0. The van der Waals surface area contributed by atoms with E-state index in [0.717, 1.165) is 64.2 Å². The zero-order valence-corrected chi connectivity index (χ0v) is 33.3. The largest absolute Gasteiger partial charge is 0.466 e. The van der Waals surface area contributed by atoms with Crippen LogP contribution >= 0.6 is 0 Å². The first-order chi connectivity index (χ1) is 25.5. The summed E-state index contributed by atoms with van der Waals surface area (Å²) in [6, 6.07) is -0.807. The topological polar surface area (TPSA) is 111 Å². The third-order valence-corrected chi connectivity index (χ3v) is 8.69. The zero-order valence-electron chi connectivity index (χ0n) is 33.3. The van der Waals surface area contributed by atoms with Gasteiger partial charge in [-0.15, -0.1) is 0 Å². The number of carbonyl (C=O) groups is 3. The lowest BCUT2D eigenvalue weighted by Crippen LogP contribution is -2.39. The number of hydrogen-bond donors (Lipinski definition) is 2. The van der Waals surface area contributed by atoms with Gasteiger partial charge in [0.1, 0.15) is 6.61 Å². The Kier molecular flexibility index (Phi) is 38.6. The van der Waals surface area contributed by atoms with E-state index in [-0.39, 0.29) is 26.1 Å². The van der Waals surface area contributed by atoms with E-state index in [1.165, 1.54) is 89.9 Å². The van der Waals surface area contributed by atoms with Crippen molar-refractivity contribution in [3.05, 3.63) is 48.6 Å². The molecule has 0 saturated carbocycles. The number of alkyl carbamates (subject to hydrolysis) is 1. The van der Waals surface area contributed by atoms with Crippen molar-refractivity contribution >= 4 is 18.0 Å². The fourth-order valence-corrected chi connectivity index (χ4v) is 5.59. The van der Waals surface area contributed by atoms with Crippen LogP contribution in [0.15, 0.2) is 48.6 Å². The van der Waals surface area contributed by atoms with E-state index >= 15 is 0 Å². The summed E-state index contributed by atoms with van der Waals surface area (Å²) in [5.41, 5.74) is 0. The van der Waals surface area contributed by atoms with Gasteiger partial charge < -0.3 is 24.6 Å². The molecule has 0 aromatic rings. The number of unbranched alkanes of at least 4 members (excludes halogenated alkanes) is 18. The van der Waals surface area contributed by atoms with Gasteiger partial charge >= 0.3 is 18.0 Å². The molecule has 0 bridgehead atoms. The third kappa shape index (κ3) is 38.4. The maximum atomic E-state index is 12.5. The molecular weight excluding hydrogens is 654 g/mol. The van der Waals surface area contributed by atoms with Crippen LogP contribution in [-0.2, 0) is 23.8 Å². The Morgan fingerprint density at radius 2 is 0.846 bits per heavy atom. The summed E-state index contributed by atoms with van der Waals surface area (Å²) in [5, 5.41) is 11.5. The predicted molar refractivity (Wildman–Crippen MR) is 215 cm³/mol. The van der Waals surface area contributed by atoms with Gasteiger partial charge in [-0.3, -0.25) is 9.59 Å². The van der Waals surface area contributed by atoms with Crippen LogP contribution in [0.5, 0.6) is 0 Å². The van der Waals surface area contributed by atoms with Crippen molar-refractivity contribution in [2.75, 3.05) is 26.4 Å². The van der Waals surface area contributed by atoms with Crippen molar-refractivity contribution in [1.29, 1.82) is 0 Å². The van der Waals surface area contributed by atoms with E-state index in [0.29, 0.717) is 13.2 Å². The summed E-state index contributed by atoms with van der Waals surface area (Å²) in [5.74, 6) is -0.957. The Labute approximate surface area is 318 Å².